The number of aryl methyl sites for hydroxylation is 1. The van der Waals surface area contributed by atoms with Crippen molar-refractivity contribution >= 4 is 38.2 Å². The number of anilines is 1. The van der Waals surface area contributed by atoms with E-state index in [1.54, 1.807) is 6.92 Å². The summed E-state index contributed by atoms with van der Waals surface area (Å²) < 4.78 is 30.6. The van der Waals surface area contributed by atoms with E-state index < -0.39 is 22.0 Å². The molecule has 0 aromatic carbocycles. The highest BCUT2D eigenvalue weighted by molar-refractivity contribution is 7.88. The van der Waals surface area contributed by atoms with Crippen molar-refractivity contribution in [2.75, 3.05) is 24.7 Å². The molecule has 1 aromatic heterocycles. The van der Waals surface area contributed by atoms with Gasteiger partial charge in [-0.3, -0.25) is 4.79 Å². The molecule has 1 aromatic rings. The lowest BCUT2D eigenvalue weighted by atomic mass is 9.95. The average molecular weight is 415 g/mol. The summed E-state index contributed by atoms with van der Waals surface area (Å²) in [5.41, 5.74) is 1.43. The van der Waals surface area contributed by atoms with Gasteiger partial charge in [-0.25, -0.2) is 13.2 Å². The second kappa shape index (κ2) is 8.28. The first-order valence-electron chi connectivity index (χ1n) is 9.42. The van der Waals surface area contributed by atoms with Gasteiger partial charge in [0.05, 0.1) is 18.4 Å². The summed E-state index contributed by atoms with van der Waals surface area (Å²) in [4.78, 5) is 26.5. The van der Waals surface area contributed by atoms with Crippen LogP contribution in [0.5, 0.6) is 0 Å². The highest BCUT2D eigenvalue weighted by Crippen LogP contribution is 2.39. The zero-order valence-corrected chi connectivity index (χ0v) is 17.4. The number of fused-ring (bicyclic) bond motifs is 1. The first-order valence-corrected chi connectivity index (χ1v) is 12.1. The molecule has 1 saturated heterocycles. The molecule has 0 radical (unpaired) electrons. The summed E-state index contributed by atoms with van der Waals surface area (Å²) in [6.07, 6.45) is 6.93. The number of piperidine rings is 1. The molecule has 1 unspecified atom stereocenters. The molecule has 150 valence electrons. The Morgan fingerprint density at radius 3 is 2.67 bits per heavy atom. The van der Waals surface area contributed by atoms with Crippen molar-refractivity contribution in [1.82, 2.24) is 4.31 Å². The smallest absolute Gasteiger partial charge is 0.341 e. The van der Waals surface area contributed by atoms with E-state index in [0.29, 0.717) is 23.5 Å². The SMILES string of the molecule is CCOC(=O)c1c(NC(=O)C2CCCCN2S(C)(=O)=O)sc2c1CCCC2. The van der Waals surface area contributed by atoms with Crippen LogP contribution in [0.1, 0.15) is 59.8 Å². The summed E-state index contributed by atoms with van der Waals surface area (Å²) in [7, 11) is -3.47. The van der Waals surface area contributed by atoms with Gasteiger partial charge in [0, 0.05) is 11.4 Å². The number of carbonyl (C=O) groups is 2. The van der Waals surface area contributed by atoms with Crippen molar-refractivity contribution in [2.45, 2.75) is 57.9 Å². The number of rotatable bonds is 5. The number of nitrogens with one attached hydrogen (secondary N) is 1. The fraction of sp³-hybridized carbons (Fsp3) is 0.667. The fourth-order valence-corrected chi connectivity index (χ4v) is 6.24. The predicted molar refractivity (Wildman–Crippen MR) is 105 cm³/mol. The monoisotopic (exact) mass is 414 g/mol. The third-order valence-corrected chi connectivity index (χ3v) is 7.57. The topological polar surface area (TPSA) is 92.8 Å². The summed E-state index contributed by atoms with van der Waals surface area (Å²) in [6, 6.07) is -0.733. The van der Waals surface area contributed by atoms with E-state index in [1.807, 2.05) is 0 Å². The Morgan fingerprint density at radius 2 is 1.96 bits per heavy atom. The number of ether oxygens (including phenoxy) is 1. The van der Waals surface area contributed by atoms with Crippen LogP contribution in [0.4, 0.5) is 5.00 Å². The first kappa shape index (κ1) is 20.3. The summed E-state index contributed by atoms with van der Waals surface area (Å²) in [5, 5.41) is 3.34. The molecule has 1 aliphatic carbocycles. The van der Waals surface area contributed by atoms with E-state index in [-0.39, 0.29) is 12.5 Å². The molecule has 0 spiro atoms. The lowest BCUT2D eigenvalue weighted by Crippen LogP contribution is -2.49. The minimum absolute atomic E-state index is 0.265. The molecule has 7 nitrogen and oxygen atoms in total. The number of hydrogen-bond acceptors (Lipinski definition) is 6. The van der Waals surface area contributed by atoms with Crippen molar-refractivity contribution < 1.29 is 22.7 Å². The van der Waals surface area contributed by atoms with Gasteiger partial charge in [-0.2, -0.15) is 4.31 Å². The maximum absolute atomic E-state index is 12.9. The molecule has 1 amide bonds. The van der Waals surface area contributed by atoms with Gasteiger partial charge in [-0.1, -0.05) is 6.42 Å². The van der Waals surface area contributed by atoms with Crippen LogP contribution in [0.2, 0.25) is 0 Å². The number of sulfonamides is 1. The van der Waals surface area contributed by atoms with Gasteiger partial charge < -0.3 is 10.1 Å². The fourth-order valence-electron chi connectivity index (χ4n) is 3.83. The predicted octanol–water partition coefficient (Wildman–Crippen LogP) is 2.56. The molecule has 0 saturated carbocycles. The zero-order chi connectivity index (χ0) is 19.6. The van der Waals surface area contributed by atoms with Gasteiger partial charge in [0.15, 0.2) is 0 Å². The van der Waals surface area contributed by atoms with E-state index in [0.717, 1.165) is 55.2 Å². The highest BCUT2D eigenvalue weighted by atomic mass is 32.2. The van der Waals surface area contributed by atoms with Gasteiger partial charge in [0.1, 0.15) is 11.0 Å². The molecule has 9 heteroatoms. The Balaban J connectivity index is 1.89. The van der Waals surface area contributed by atoms with Crippen LogP contribution >= 0.6 is 11.3 Å². The number of hydrogen-bond donors (Lipinski definition) is 1. The molecular formula is C18H26N2O5S2. The number of carbonyl (C=O) groups excluding carboxylic acids is 2. The molecule has 2 aliphatic rings. The Hall–Kier alpha value is -1.45. The summed E-state index contributed by atoms with van der Waals surface area (Å²) in [6.45, 7) is 2.37. The molecule has 1 aliphatic heterocycles. The molecule has 1 atom stereocenters. The Kier molecular flexibility index (Phi) is 6.22. The van der Waals surface area contributed by atoms with E-state index in [1.165, 1.54) is 15.6 Å². The molecular weight excluding hydrogens is 388 g/mol. The van der Waals surface area contributed by atoms with Crippen molar-refractivity contribution in [3.8, 4) is 0 Å². The van der Waals surface area contributed by atoms with Crippen LogP contribution in [-0.4, -0.2) is 50.0 Å². The normalized spacial score (nSPS) is 20.7. The van der Waals surface area contributed by atoms with Crippen LogP contribution in [0.3, 0.4) is 0 Å². The summed E-state index contributed by atoms with van der Waals surface area (Å²) in [5.74, 6) is -0.792. The number of esters is 1. The lowest BCUT2D eigenvalue weighted by Gasteiger charge is -2.32. The quantitative estimate of drug-likeness (QED) is 0.748. The van der Waals surface area contributed by atoms with E-state index >= 15 is 0 Å². The van der Waals surface area contributed by atoms with Crippen molar-refractivity contribution in [3.05, 3.63) is 16.0 Å². The minimum atomic E-state index is -3.47. The Labute approximate surface area is 164 Å². The Bertz CT molecular complexity index is 831. The van der Waals surface area contributed by atoms with Gasteiger partial charge in [-0.15, -0.1) is 11.3 Å². The van der Waals surface area contributed by atoms with E-state index in [9.17, 15) is 18.0 Å². The Morgan fingerprint density at radius 1 is 1.22 bits per heavy atom. The van der Waals surface area contributed by atoms with Crippen LogP contribution in [-0.2, 0) is 32.4 Å². The second-order valence-corrected chi connectivity index (χ2v) is 10.1. The van der Waals surface area contributed by atoms with E-state index in [2.05, 4.69) is 5.32 Å². The van der Waals surface area contributed by atoms with Gasteiger partial charge in [0.2, 0.25) is 15.9 Å². The molecule has 0 bridgehead atoms. The minimum Gasteiger partial charge on any atom is -0.462 e. The molecule has 3 rings (SSSR count). The number of thiophene rings is 1. The number of nitrogens with zero attached hydrogens (tertiary/aromatic N) is 1. The van der Waals surface area contributed by atoms with Crippen LogP contribution in [0.15, 0.2) is 0 Å². The highest BCUT2D eigenvalue weighted by Gasteiger charge is 2.36. The van der Waals surface area contributed by atoms with Gasteiger partial charge in [-0.05, 0) is 51.0 Å². The largest absolute Gasteiger partial charge is 0.462 e. The average Bonchev–Trinajstić information content (AvgIpc) is 2.99. The zero-order valence-electron chi connectivity index (χ0n) is 15.7. The molecule has 27 heavy (non-hydrogen) atoms. The lowest BCUT2D eigenvalue weighted by molar-refractivity contribution is -0.120. The molecule has 1 fully saturated rings. The second-order valence-electron chi connectivity index (χ2n) is 7.01. The van der Waals surface area contributed by atoms with Crippen LogP contribution in [0.25, 0.3) is 0 Å². The van der Waals surface area contributed by atoms with Gasteiger partial charge in [0.25, 0.3) is 0 Å². The third-order valence-electron chi connectivity index (χ3n) is 5.07. The maximum Gasteiger partial charge on any atom is 0.341 e. The third kappa shape index (κ3) is 4.35. The maximum atomic E-state index is 12.9. The van der Waals surface area contributed by atoms with Gasteiger partial charge >= 0.3 is 5.97 Å². The number of amides is 1. The van der Waals surface area contributed by atoms with Crippen LogP contribution in [0, 0.1) is 0 Å². The van der Waals surface area contributed by atoms with Crippen LogP contribution < -0.4 is 5.32 Å². The van der Waals surface area contributed by atoms with E-state index in [4.69, 9.17) is 4.74 Å². The standard InChI is InChI=1S/C18H26N2O5S2/c1-3-25-18(22)15-12-8-4-5-10-14(12)26-17(15)19-16(21)13-9-6-7-11-20(13)27(2,23)24/h13H,3-11H2,1-2H3,(H,19,21). The van der Waals surface area contributed by atoms with Crippen molar-refractivity contribution in [3.63, 3.8) is 0 Å². The first-order chi connectivity index (χ1) is 12.8. The molecule has 1 N–H and O–H groups in total. The van der Waals surface area contributed by atoms with Crippen molar-refractivity contribution in [2.24, 2.45) is 0 Å². The van der Waals surface area contributed by atoms with Crippen molar-refractivity contribution in [1.29, 1.82) is 0 Å². The summed E-state index contributed by atoms with van der Waals surface area (Å²) >= 11 is 1.42. The molecule has 2 heterocycles.